The van der Waals surface area contributed by atoms with E-state index in [1.807, 2.05) is 6.07 Å². The van der Waals surface area contributed by atoms with Gasteiger partial charge < -0.3 is 5.73 Å². The molecule has 2 N–H and O–H groups in total. The first-order chi connectivity index (χ1) is 9.61. The number of nitriles is 1. The van der Waals surface area contributed by atoms with Crippen molar-refractivity contribution >= 4 is 28.6 Å². The fraction of sp³-hybridized carbons (Fsp3) is 0. The van der Waals surface area contributed by atoms with Gasteiger partial charge in [0.25, 0.3) is 0 Å². The second-order valence-corrected chi connectivity index (χ2v) is 4.59. The first kappa shape index (κ1) is 12.5. The lowest BCUT2D eigenvalue weighted by atomic mass is 10.2. The summed E-state index contributed by atoms with van der Waals surface area (Å²) in [5.74, 6) is -0.289. The average Bonchev–Trinajstić information content (AvgIpc) is 2.77. The summed E-state index contributed by atoms with van der Waals surface area (Å²) in [5, 5.41) is 9.61. The van der Waals surface area contributed by atoms with E-state index in [9.17, 15) is 4.39 Å². The van der Waals surface area contributed by atoms with Crippen molar-refractivity contribution in [2.45, 2.75) is 0 Å². The molecule has 0 saturated carbocycles. The molecule has 0 atom stereocenters. The summed E-state index contributed by atoms with van der Waals surface area (Å²) in [5.41, 5.74) is 7.76. The SMILES string of the molecule is N#Cc1cc(F)ccc1-n1c(N)nc2c(Cl)cccc21. The summed E-state index contributed by atoms with van der Waals surface area (Å²) in [6, 6.07) is 11.1. The lowest BCUT2D eigenvalue weighted by Gasteiger charge is -2.08. The first-order valence-electron chi connectivity index (χ1n) is 5.74. The van der Waals surface area contributed by atoms with Crippen molar-refractivity contribution in [3.63, 3.8) is 0 Å². The van der Waals surface area contributed by atoms with Crippen molar-refractivity contribution in [2.24, 2.45) is 0 Å². The monoisotopic (exact) mass is 286 g/mol. The van der Waals surface area contributed by atoms with E-state index in [-0.39, 0.29) is 11.5 Å². The second kappa shape index (κ2) is 4.51. The molecular formula is C14H8ClFN4. The van der Waals surface area contributed by atoms with E-state index in [1.54, 1.807) is 22.8 Å². The molecule has 0 aliphatic heterocycles. The highest BCUT2D eigenvalue weighted by atomic mass is 35.5. The van der Waals surface area contributed by atoms with Crippen LogP contribution < -0.4 is 5.73 Å². The molecule has 6 heteroatoms. The molecule has 98 valence electrons. The quantitative estimate of drug-likeness (QED) is 0.746. The number of rotatable bonds is 1. The van der Waals surface area contributed by atoms with Gasteiger partial charge in [-0.3, -0.25) is 4.57 Å². The number of nitrogen functional groups attached to an aromatic ring is 1. The maximum Gasteiger partial charge on any atom is 0.206 e. The van der Waals surface area contributed by atoms with Crippen LogP contribution >= 0.6 is 11.6 Å². The number of anilines is 1. The van der Waals surface area contributed by atoms with Crippen LogP contribution in [0.1, 0.15) is 5.56 Å². The van der Waals surface area contributed by atoms with Crippen LogP contribution in [-0.2, 0) is 0 Å². The lowest BCUT2D eigenvalue weighted by Crippen LogP contribution is -2.03. The van der Waals surface area contributed by atoms with E-state index >= 15 is 0 Å². The first-order valence-corrected chi connectivity index (χ1v) is 6.12. The van der Waals surface area contributed by atoms with Crippen LogP contribution in [0.5, 0.6) is 0 Å². The molecule has 4 nitrogen and oxygen atoms in total. The zero-order chi connectivity index (χ0) is 14.3. The van der Waals surface area contributed by atoms with Crippen molar-refractivity contribution < 1.29 is 4.39 Å². The summed E-state index contributed by atoms with van der Waals surface area (Å²) in [6.45, 7) is 0. The van der Waals surface area contributed by atoms with Gasteiger partial charge in [0.05, 0.1) is 21.8 Å². The second-order valence-electron chi connectivity index (χ2n) is 4.19. The molecule has 3 aromatic rings. The van der Waals surface area contributed by atoms with Crippen LogP contribution in [0.25, 0.3) is 16.7 Å². The highest BCUT2D eigenvalue weighted by Gasteiger charge is 2.15. The van der Waals surface area contributed by atoms with Gasteiger partial charge >= 0.3 is 0 Å². The number of halogens is 2. The van der Waals surface area contributed by atoms with Gasteiger partial charge in [-0.05, 0) is 30.3 Å². The Morgan fingerprint density at radius 1 is 1.30 bits per heavy atom. The Morgan fingerprint density at radius 2 is 2.10 bits per heavy atom. The molecule has 0 radical (unpaired) electrons. The van der Waals surface area contributed by atoms with E-state index in [4.69, 9.17) is 22.6 Å². The minimum Gasteiger partial charge on any atom is -0.369 e. The van der Waals surface area contributed by atoms with E-state index in [2.05, 4.69) is 4.98 Å². The molecule has 0 fully saturated rings. The van der Waals surface area contributed by atoms with Gasteiger partial charge in [-0.15, -0.1) is 0 Å². The molecule has 0 amide bonds. The Hall–Kier alpha value is -2.58. The number of aromatic nitrogens is 2. The number of hydrogen-bond acceptors (Lipinski definition) is 3. The number of fused-ring (bicyclic) bond motifs is 1. The van der Waals surface area contributed by atoms with Crippen molar-refractivity contribution in [1.82, 2.24) is 9.55 Å². The standard InChI is InChI=1S/C14H8ClFN4/c15-10-2-1-3-12-13(10)19-14(18)20(12)11-5-4-9(16)6-8(11)7-17/h1-6H,(H2,18,19). The molecule has 0 saturated heterocycles. The Balaban J connectivity index is 2.39. The van der Waals surface area contributed by atoms with Crippen LogP contribution in [0.15, 0.2) is 36.4 Å². The van der Waals surface area contributed by atoms with Crippen molar-refractivity contribution in [3.8, 4) is 11.8 Å². The van der Waals surface area contributed by atoms with Gasteiger partial charge in [0, 0.05) is 0 Å². The Morgan fingerprint density at radius 3 is 2.85 bits per heavy atom. The van der Waals surface area contributed by atoms with Crippen LogP contribution in [0.4, 0.5) is 10.3 Å². The van der Waals surface area contributed by atoms with E-state index in [0.717, 1.165) is 6.07 Å². The third-order valence-corrected chi connectivity index (χ3v) is 3.29. The Bertz CT molecular complexity index is 863. The minimum absolute atomic E-state index is 0.177. The van der Waals surface area contributed by atoms with Crippen LogP contribution in [0.2, 0.25) is 5.02 Å². The van der Waals surface area contributed by atoms with Crippen molar-refractivity contribution in [3.05, 3.63) is 52.8 Å². The fourth-order valence-electron chi connectivity index (χ4n) is 2.13. The van der Waals surface area contributed by atoms with Crippen LogP contribution in [-0.4, -0.2) is 9.55 Å². The maximum absolute atomic E-state index is 13.2. The highest BCUT2D eigenvalue weighted by Crippen LogP contribution is 2.29. The van der Waals surface area contributed by atoms with Crippen molar-refractivity contribution in [2.75, 3.05) is 5.73 Å². The van der Waals surface area contributed by atoms with E-state index < -0.39 is 5.82 Å². The van der Waals surface area contributed by atoms with Crippen molar-refractivity contribution in [1.29, 1.82) is 5.26 Å². The number of hydrogen-bond donors (Lipinski definition) is 1. The molecule has 1 heterocycles. The molecule has 2 aromatic carbocycles. The molecule has 3 rings (SSSR count). The van der Waals surface area contributed by atoms with Gasteiger partial charge in [-0.1, -0.05) is 17.7 Å². The fourth-order valence-corrected chi connectivity index (χ4v) is 2.34. The number of imidazole rings is 1. The number of nitrogens with zero attached hydrogens (tertiary/aromatic N) is 3. The van der Waals surface area contributed by atoms with Crippen LogP contribution in [0.3, 0.4) is 0 Å². The van der Waals surface area contributed by atoms with Crippen LogP contribution in [0, 0.1) is 17.1 Å². The number of nitrogens with two attached hydrogens (primary N) is 1. The van der Waals surface area contributed by atoms with E-state index in [0.29, 0.717) is 21.7 Å². The summed E-state index contributed by atoms with van der Waals surface area (Å²) in [6.07, 6.45) is 0. The molecule has 0 aliphatic rings. The summed E-state index contributed by atoms with van der Waals surface area (Å²) < 4.78 is 14.8. The summed E-state index contributed by atoms with van der Waals surface area (Å²) in [7, 11) is 0. The average molecular weight is 287 g/mol. The Labute approximate surface area is 118 Å². The molecule has 0 aliphatic carbocycles. The minimum atomic E-state index is -0.480. The maximum atomic E-state index is 13.2. The molecule has 0 bridgehead atoms. The normalized spacial score (nSPS) is 10.7. The number of benzene rings is 2. The zero-order valence-electron chi connectivity index (χ0n) is 10.1. The van der Waals surface area contributed by atoms with E-state index in [1.165, 1.54) is 12.1 Å². The molecule has 0 unspecified atom stereocenters. The summed E-state index contributed by atoms with van der Waals surface area (Å²) >= 11 is 6.07. The molecule has 20 heavy (non-hydrogen) atoms. The largest absolute Gasteiger partial charge is 0.369 e. The third kappa shape index (κ3) is 1.78. The molecular weight excluding hydrogens is 279 g/mol. The zero-order valence-corrected chi connectivity index (χ0v) is 10.9. The third-order valence-electron chi connectivity index (χ3n) is 2.98. The number of para-hydroxylation sites is 1. The molecule has 0 spiro atoms. The van der Waals surface area contributed by atoms with Gasteiger partial charge in [-0.2, -0.15) is 5.26 Å². The van der Waals surface area contributed by atoms with Gasteiger partial charge in [0.2, 0.25) is 5.95 Å². The predicted octanol–water partition coefficient (Wildman–Crippen LogP) is 3.27. The van der Waals surface area contributed by atoms with Gasteiger partial charge in [-0.25, -0.2) is 9.37 Å². The van der Waals surface area contributed by atoms with Gasteiger partial charge in [0.15, 0.2) is 0 Å². The van der Waals surface area contributed by atoms with Gasteiger partial charge in [0.1, 0.15) is 17.4 Å². The Kier molecular flexibility index (Phi) is 2.81. The molecule has 1 aromatic heterocycles. The topological polar surface area (TPSA) is 67.6 Å². The highest BCUT2D eigenvalue weighted by molar-refractivity contribution is 6.35. The lowest BCUT2D eigenvalue weighted by molar-refractivity contribution is 0.627. The predicted molar refractivity (Wildman–Crippen MR) is 75.2 cm³/mol. The summed E-state index contributed by atoms with van der Waals surface area (Å²) in [4.78, 5) is 4.19. The smallest absolute Gasteiger partial charge is 0.206 e.